The number of nitrogens with zero attached hydrogens (tertiary/aromatic N) is 4. The normalized spacial score (nSPS) is 15.7. The topological polar surface area (TPSA) is 115 Å². The van der Waals surface area contributed by atoms with Gasteiger partial charge in [-0.05, 0) is 67.1 Å². The Bertz CT molecular complexity index is 918. The summed E-state index contributed by atoms with van der Waals surface area (Å²) in [6.45, 7) is 4.43. The van der Waals surface area contributed by atoms with E-state index >= 15 is 0 Å². The van der Waals surface area contributed by atoms with Crippen molar-refractivity contribution in [1.29, 1.82) is 5.26 Å². The second-order valence-electron chi connectivity index (χ2n) is 7.82. The first-order valence-corrected chi connectivity index (χ1v) is 11.4. The maximum absolute atomic E-state index is 12.5. The molecule has 0 aliphatic carbocycles. The zero-order valence-corrected chi connectivity index (χ0v) is 18.5. The van der Waals surface area contributed by atoms with Crippen LogP contribution in [0.4, 0.5) is 4.79 Å². The molecule has 3 rings (SSSR count). The Balaban J connectivity index is 1.55. The lowest BCUT2D eigenvalue weighted by molar-refractivity contribution is 0.0955. The molecule has 2 aromatic rings. The number of nitrogens with two attached hydrogens (primary N) is 1. The molecule has 3 heterocycles. The molecular formula is C22H28N6O2S. The number of urea groups is 1. The molecule has 0 saturated carbocycles. The number of nitriles is 1. The lowest BCUT2D eigenvalue weighted by atomic mass is 9.99. The highest BCUT2D eigenvalue weighted by Crippen LogP contribution is 2.23. The lowest BCUT2D eigenvalue weighted by Gasteiger charge is -2.40. The quantitative estimate of drug-likeness (QED) is 0.484. The van der Waals surface area contributed by atoms with E-state index in [1.807, 2.05) is 16.8 Å². The molecule has 9 heteroatoms. The highest BCUT2D eigenvalue weighted by molar-refractivity contribution is 7.07. The highest BCUT2D eigenvalue weighted by atomic mass is 32.1. The molecule has 0 radical (unpaired) electrons. The Morgan fingerprint density at radius 3 is 2.84 bits per heavy atom. The second-order valence-corrected chi connectivity index (χ2v) is 8.60. The van der Waals surface area contributed by atoms with Gasteiger partial charge in [-0.3, -0.25) is 9.78 Å². The number of carbonyl (C=O) groups is 2. The Morgan fingerprint density at radius 2 is 2.19 bits per heavy atom. The van der Waals surface area contributed by atoms with E-state index in [1.54, 1.807) is 40.8 Å². The smallest absolute Gasteiger partial charge is 0.331 e. The zero-order chi connectivity index (χ0) is 22.2. The average molecular weight is 441 g/mol. The number of rotatable bonds is 8. The van der Waals surface area contributed by atoms with Crippen molar-refractivity contribution in [1.82, 2.24) is 20.1 Å². The molecule has 1 fully saturated rings. The highest BCUT2D eigenvalue weighted by Gasteiger charge is 2.30. The monoisotopic (exact) mass is 440 g/mol. The van der Waals surface area contributed by atoms with Gasteiger partial charge in [-0.25, -0.2) is 10.1 Å². The van der Waals surface area contributed by atoms with Crippen molar-refractivity contribution in [2.75, 3.05) is 13.1 Å². The van der Waals surface area contributed by atoms with Crippen LogP contribution in [0.5, 0.6) is 0 Å². The number of hydrogen-bond acceptors (Lipinski definition) is 6. The van der Waals surface area contributed by atoms with Crippen LogP contribution in [0.1, 0.15) is 47.8 Å². The largest absolute Gasteiger partial charge is 0.366 e. The lowest BCUT2D eigenvalue weighted by Crippen LogP contribution is -2.51. The summed E-state index contributed by atoms with van der Waals surface area (Å²) in [6.07, 6.45) is 6.70. The van der Waals surface area contributed by atoms with Gasteiger partial charge < -0.3 is 15.5 Å². The van der Waals surface area contributed by atoms with Crippen molar-refractivity contribution < 1.29 is 9.59 Å². The van der Waals surface area contributed by atoms with E-state index in [2.05, 4.69) is 22.1 Å². The fraction of sp³-hybridized carbons (Fsp3) is 0.455. The summed E-state index contributed by atoms with van der Waals surface area (Å²) in [5.74, 6) is -0.446. The SMILES string of the molecule is C[C@H](CCc1ncccc1C(N)=O)N1CCC(N(Cc2ccsc2)C(=O)NC#N)CC1. The van der Waals surface area contributed by atoms with E-state index in [9.17, 15) is 9.59 Å². The number of primary amides is 1. The summed E-state index contributed by atoms with van der Waals surface area (Å²) in [7, 11) is 0. The van der Waals surface area contributed by atoms with Crippen molar-refractivity contribution in [2.24, 2.45) is 5.73 Å². The summed E-state index contributed by atoms with van der Waals surface area (Å²) >= 11 is 1.60. The molecule has 0 unspecified atom stereocenters. The second kappa shape index (κ2) is 10.9. The fourth-order valence-electron chi connectivity index (χ4n) is 4.09. The van der Waals surface area contributed by atoms with Gasteiger partial charge in [0.2, 0.25) is 0 Å². The van der Waals surface area contributed by atoms with Gasteiger partial charge in [0, 0.05) is 37.9 Å². The number of nitrogens with one attached hydrogen (secondary N) is 1. The van der Waals surface area contributed by atoms with E-state index in [1.165, 1.54) is 0 Å². The van der Waals surface area contributed by atoms with Crippen molar-refractivity contribution in [3.8, 4) is 6.19 Å². The van der Waals surface area contributed by atoms with Gasteiger partial charge in [0.1, 0.15) is 0 Å². The van der Waals surface area contributed by atoms with Crippen molar-refractivity contribution >= 4 is 23.3 Å². The number of amides is 3. The minimum Gasteiger partial charge on any atom is -0.366 e. The molecular weight excluding hydrogens is 412 g/mol. The van der Waals surface area contributed by atoms with Crippen LogP contribution in [-0.2, 0) is 13.0 Å². The minimum absolute atomic E-state index is 0.0916. The van der Waals surface area contributed by atoms with Gasteiger partial charge in [0.25, 0.3) is 5.91 Å². The van der Waals surface area contributed by atoms with Crippen LogP contribution in [0.3, 0.4) is 0 Å². The maximum Gasteiger partial charge on any atom is 0.331 e. The molecule has 3 N–H and O–H groups in total. The average Bonchev–Trinajstić information content (AvgIpc) is 3.29. The number of likely N-dealkylation sites (tertiary alicyclic amines) is 1. The summed E-state index contributed by atoms with van der Waals surface area (Å²) in [6, 6.07) is 5.52. The molecule has 1 saturated heterocycles. The van der Waals surface area contributed by atoms with E-state index in [-0.39, 0.29) is 12.1 Å². The summed E-state index contributed by atoms with van der Waals surface area (Å²) in [5.41, 5.74) is 7.76. The molecule has 0 spiro atoms. The van der Waals surface area contributed by atoms with E-state index in [0.717, 1.165) is 43.6 Å². The number of pyridine rings is 1. The third-order valence-electron chi connectivity index (χ3n) is 5.87. The van der Waals surface area contributed by atoms with Crippen LogP contribution in [-0.4, -0.2) is 51.9 Å². The third-order valence-corrected chi connectivity index (χ3v) is 6.61. The van der Waals surface area contributed by atoms with Gasteiger partial charge in [-0.15, -0.1) is 0 Å². The number of hydrogen-bond donors (Lipinski definition) is 2. The third kappa shape index (κ3) is 6.03. The van der Waals surface area contributed by atoms with Crippen molar-refractivity contribution in [3.05, 3.63) is 52.0 Å². The number of aromatic nitrogens is 1. The van der Waals surface area contributed by atoms with Crippen LogP contribution in [0.2, 0.25) is 0 Å². The predicted molar refractivity (Wildman–Crippen MR) is 119 cm³/mol. The molecule has 164 valence electrons. The van der Waals surface area contributed by atoms with Gasteiger partial charge in [-0.1, -0.05) is 0 Å². The number of piperidine rings is 1. The molecule has 2 aromatic heterocycles. The molecule has 1 atom stereocenters. The zero-order valence-electron chi connectivity index (χ0n) is 17.7. The van der Waals surface area contributed by atoms with Crippen molar-refractivity contribution in [2.45, 2.75) is 51.2 Å². The van der Waals surface area contributed by atoms with Crippen molar-refractivity contribution in [3.63, 3.8) is 0 Å². The van der Waals surface area contributed by atoms with Gasteiger partial charge in [-0.2, -0.15) is 16.6 Å². The number of carbonyl (C=O) groups excluding carboxylic acids is 2. The summed E-state index contributed by atoms with van der Waals surface area (Å²) in [5, 5.41) is 15.2. The molecule has 0 bridgehead atoms. The molecule has 1 aliphatic rings. The van der Waals surface area contributed by atoms with Gasteiger partial charge >= 0.3 is 6.03 Å². The molecule has 3 amide bonds. The van der Waals surface area contributed by atoms with Crippen LogP contribution in [0.25, 0.3) is 0 Å². The predicted octanol–water partition coefficient (Wildman–Crippen LogP) is 2.72. The Hall–Kier alpha value is -2.96. The first kappa shape index (κ1) is 22.7. The van der Waals surface area contributed by atoms with E-state index in [0.29, 0.717) is 24.6 Å². The number of aryl methyl sites for hydroxylation is 1. The molecule has 31 heavy (non-hydrogen) atoms. The van der Waals surface area contributed by atoms with Crippen LogP contribution in [0.15, 0.2) is 35.2 Å². The molecule has 8 nitrogen and oxygen atoms in total. The van der Waals surface area contributed by atoms with E-state index in [4.69, 9.17) is 11.0 Å². The fourth-order valence-corrected chi connectivity index (χ4v) is 4.75. The van der Waals surface area contributed by atoms with Crippen LogP contribution in [0, 0.1) is 11.5 Å². The summed E-state index contributed by atoms with van der Waals surface area (Å²) < 4.78 is 0. The van der Waals surface area contributed by atoms with Crippen LogP contribution >= 0.6 is 11.3 Å². The molecule has 0 aromatic carbocycles. The first-order chi connectivity index (χ1) is 15.0. The number of thiophene rings is 1. The van der Waals surface area contributed by atoms with Crippen LogP contribution < -0.4 is 11.1 Å². The maximum atomic E-state index is 12.5. The molecule has 1 aliphatic heterocycles. The van der Waals surface area contributed by atoms with Gasteiger partial charge in [0.05, 0.1) is 11.3 Å². The Morgan fingerprint density at radius 1 is 1.42 bits per heavy atom. The first-order valence-electron chi connectivity index (χ1n) is 10.4. The van der Waals surface area contributed by atoms with E-state index < -0.39 is 5.91 Å². The Labute approximate surface area is 186 Å². The van der Waals surface area contributed by atoms with Gasteiger partial charge in [0.15, 0.2) is 6.19 Å². The minimum atomic E-state index is -0.446. The Kier molecular flexibility index (Phi) is 7.98. The summed E-state index contributed by atoms with van der Waals surface area (Å²) in [4.78, 5) is 32.6. The standard InChI is InChI=1S/C22H28N6O2S/c1-16(4-5-20-19(21(24)29)3-2-9-25-20)27-10-6-18(7-11-27)28(22(30)26-15-23)13-17-8-12-31-14-17/h2-3,8-9,12,14,16,18H,4-7,10-11,13H2,1H3,(H2,24,29)(H,26,30)/t16-/m1/s1.